The molecule has 1 amide bonds. The number of imidazole rings is 1. The van der Waals surface area contributed by atoms with Gasteiger partial charge in [-0.3, -0.25) is 13.9 Å². The van der Waals surface area contributed by atoms with E-state index in [0.717, 1.165) is 22.2 Å². The van der Waals surface area contributed by atoms with Gasteiger partial charge in [0.05, 0.1) is 11.0 Å². The fourth-order valence-electron chi connectivity index (χ4n) is 3.71. The summed E-state index contributed by atoms with van der Waals surface area (Å²) in [6, 6.07) is 13.4. The van der Waals surface area contributed by atoms with E-state index >= 15 is 0 Å². The van der Waals surface area contributed by atoms with Crippen molar-refractivity contribution >= 4 is 16.9 Å². The third-order valence-corrected chi connectivity index (χ3v) is 5.14. The Bertz CT molecular complexity index is 1310. The number of aromatic nitrogens is 4. The average Bonchev–Trinajstić information content (AvgIpc) is 3.27. The molecule has 8 nitrogen and oxygen atoms in total. The first-order valence-corrected chi connectivity index (χ1v) is 10.2. The number of amides is 1. The number of fused-ring (bicyclic) bond motifs is 1. The molecule has 4 aromatic rings. The lowest BCUT2D eigenvalue weighted by Crippen LogP contribution is -2.33. The summed E-state index contributed by atoms with van der Waals surface area (Å²) >= 11 is 0. The Hall–Kier alpha value is -3.68. The van der Waals surface area contributed by atoms with Crippen LogP contribution in [0.15, 0.2) is 51.8 Å². The number of carbonyl (C=O) groups is 1. The largest absolute Gasteiger partial charge is 0.350 e. The first kappa shape index (κ1) is 20.6. The van der Waals surface area contributed by atoms with Crippen molar-refractivity contribution in [2.45, 2.75) is 46.8 Å². The SMILES string of the molecule is Cc1cccc(CNC(=O)Cn2c(=O)n(C(C)C)c3ccc(-c4noc(C)n4)cc32)c1. The minimum atomic E-state index is -0.229. The highest BCUT2D eigenvalue weighted by Crippen LogP contribution is 2.24. The number of benzene rings is 2. The highest BCUT2D eigenvalue weighted by atomic mass is 16.5. The summed E-state index contributed by atoms with van der Waals surface area (Å²) in [4.78, 5) is 30.1. The van der Waals surface area contributed by atoms with Crippen LogP contribution in [0.2, 0.25) is 0 Å². The number of aryl methyl sites for hydroxylation is 2. The van der Waals surface area contributed by atoms with E-state index in [-0.39, 0.29) is 24.2 Å². The average molecular weight is 419 g/mol. The summed E-state index contributed by atoms with van der Waals surface area (Å²) in [5.41, 5.74) is 4.06. The fraction of sp³-hybridized carbons (Fsp3) is 0.304. The van der Waals surface area contributed by atoms with Gasteiger partial charge in [0.2, 0.25) is 17.6 Å². The number of rotatable bonds is 6. The van der Waals surface area contributed by atoms with Gasteiger partial charge in [-0.2, -0.15) is 4.98 Å². The topological polar surface area (TPSA) is 95.0 Å². The van der Waals surface area contributed by atoms with Crippen LogP contribution in [0.5, 0.6) is 0 Å². The zero-order valence-corrected chi connectivity index (χ0v) is 18.0. The zero-order valence-electron chi connectivity index (χ0n) is 18.0. The summed E-state index contributed by atoms with van der Waals surface area (Å²) < 4.78 is 8.26. The van der Waals surface area contributed by atoms with Crippen LogP contribution in [0.3, 0.4) is 0 Å². The highest BCUT2D eigenvalue weighted by Gasteiger charge is 2.19. The minimum absolute atomic E-state index is 0.0510. The molecule has 8 heteroatoms. The second kappa shape index (κ2) is 8.22. The van der Waals surface area contributed by atoms with Gasteiger partial charge in [-0.15, -0.1) is 0 Å². The second-order valence-corrected chi connectivity index (χ2v) is 7.94. The third-order valence-electron chi connectivity index (χ3n) is 5.14. The molecule has 0 aliphatic rings. The van der Waals surface area contributed by atoms with Crippen LogP contribution in [0.1, 0.15) is 36.9 Å². The van der Waals surface area contributed by atoms with E-state index in [4.69, 9.17) is 4.52 Å². The maximum atomic E-state index is 13.1. The number of hydrogen-bond donors (Lipinski definition) is 1. The molecule has 0 saturated carbocycles. The van der Waals surface area contributed by atoms with Gasteiger partial charge in [0.25, 0.3) is 0 Å². The molecule has 2 aromatic carbocycles. The van der Waals surface area contributed by atoms with Crippen LogP contribution in [-0.2, 0) is 17.9 Å². The number of nitrogens with zero attached hydrogens (tertiary/aromatic N) is 4. The molecule has 0 bridgehead atoms. The van der Waals surface area contributed by atoms with Crippen molar-refractivity contribution < 1.29 is 9.32 Å². The summed E-state index contributed by atoms with van der Waals surface area (Å²) in [7, 11) is 0. The maximum Gasteiger partial charge on any atom is 0.329 e. The van der Waals surface area contributed by atoms with Gasteiger partial charge in [-0.25, -0.2) is 4.79 Å². The normalized spacial score (nSPS) is 11.4. The van der Waals surface area contributed by atoms with E-state index in [0.29, 0.717) is 23.8 Å². The highest BCUT2D eigenvalue weighted by molar-refractivity contribution is 5.84. The molecule has 0 unspecified atom stereocenters. The van der Waals surface area contributed by atoms with Gasteiger partial charge in [0, 0.05) is 25.1 Å². The van der Waals surface area contributed by atoms with Crippen LogP contribution in [0.25, 0.3) is 22.4 Å². The predicted molar refractivity (Wildman–Crippen MR) is 118 cm³/mol. The molecule has 0 atom stereocenters. The van der Waals surface area contributed by atoms with Crippen molar-refractivity contribution in [2.24, 2.45) is 0 Å². The van der Waals surface area contributed by atoms with Gasteiger partial charge in [-0.05, 0) is 44.5 Å². The third kappa shape index (κ3) is 4.14. The van der Waals surface area contributed by atoms with Crippen LogP contribution in [0.4, 0.5) is 0 Å². The van der Waals surface area contributed by atoms with Crippen LogP contribution < -0.4 is 11.0 Å². The molecule has 0 saturated heterocycles. The molecule has 0 fully saturated rings. The summed E-state index contributed by atoms with van der Waals surface area (Å²) in [6.45, 7) is 7.95. The van der Waals surface area contributed by atoms with E-state index in [2.05, 4.69) is 15.5 Å². The number of nitrogens with one attached hydrogen (secondary N) is 1. The van der Waals surface area contributed by atoms with Gasteiger partial charge < -0.3 is 9.84 Å². The van der Waals surface area contributed by atoms with Crippen LogP contribution >= 0.6 is 0 Å². The Labute approximate surface area is 179 Å². The molecule has 4 rings (SSSR count). The molecule has 160 valence electrons. The van der Waals surface area contributed by atoms with Crippen LogP contribution in [0, 0.1) is 13.8 Å². The Balaban J connectivity index is 1.67. The van der Waals surface area contributed by atoms with E-state index < -0.39 is 0 Å². The van der Waals surface area contributed by atoms with E-state index in [9.17, 15) is 9.59 Å². The van der Waals surface area contributed by atoms with Crippen molar-refractivity contribution in [1.29, 1.82) is 0 Å². The second-order valence-electron chi connectivity index (χ2n) is 7.94. The van der Waals surface area contributed by atoms with Crippen molar-refractivity contribution in [3.8, 4) is 11.4 Å². The van der Waals surface area contributed by atoms with Crippen molar-refractivity contribution in [3.63, 3.8) is 0 Å². The quantitative estimate of drug-likeness (QED) is 0.517. The number of carbonyl (C=O) groups excluding carboxylic acids is 1. The molecule has 2 aromatic heterocycles. The molecule has 1 N–H and O–H groups in total. The summed E-state index contributed by atoms with van der Waals surface area (Å²) in [5.74, 6) is 0.676. The summed E-state index contributed by atoms with van der Waals surface area (Å²) in [6.07, 6.45) is 0. The molecular formula is C23H25N5O3. The molecule has 2 heterocycles. The van der Waals surface area contributed by atoms with E-state index in [1.165, 1.54) is 4.57 Å². The van der Waals surface area contributed by atoms with Crippen molar-refractivity contribution in [1.82, 2.24) is 24.6 Å². The van der Waals surface area contributed by atoms with Gasteiger partial charge >= 0.3 is 5.69 Å². The maximum absolute atomic E-state index is 13.1. The van der Waals surface area contributed by atoms with Crippen molar-refractivity contribution in [2.75, 3.05) is 0 Å². The summed E-state index contributed by atoms with van der Waals surface area (Å²) in [5, 5.41) is 6.87. The van der Waals surface area contributed by atoms with E-state index in [1.54, 1.807) is 11.5 Å². The lowest BCUT2D eigenvalue weighted by Gasteiger charge is -2.07. The zero-order chi connectivity index (χ0) is 22.1. The Morgan fingerprint density at radius 2 is 1.94 bits per heavy atom. The van der Waals surface area contributed by atoms with Crippen LogP contribution in [-0.4, -0.2) is 25.2 Å². The molecule has 0 aliphatic heterocycles. The minimum Gasteiger partial charge on any atom is -0.350 e. The lowest BCUT2D eigenvalue weighted by atomic mass is 10.1. The standard InChI is InChI=1S/C23H25N5O3/c1-14(2)28-19-9-8-18(22-25-16(4)31-26-22)11-20(19)27(23(28)30)13-21(29)24-12-17-7-5-6-15(3)10-17/h5-11,14H,12-13H2,1-4H3,(H,24,29). The van der Waals surface area contributed by atoms with Gasteiger partial charge in [-0.1, -0.05) is 35.0 Å². The monoisotopic (exact) mass is 419 g/mol. The first-order chi connectivity index (χ1) is 14.8. The number of hydrogen-bond acceptors (Lipinski definition) is 5. The van der Waals surface area contributed by atoms with Gasteiger partial charge in [0.15, 0.2) is 0 Å². The molecular weight excluding hydrogens is 394 g/mol. The van der Waals surface area contributed by atoms with Crippen molar-refractivity contribution in [3.05, 3.63) is 70.0 Å². The fourth-order valence-corrected chi connectivity index (χ4v) is 3.71. The smallest absolute Gasteiger partial charge is 0.329 e. The van der Waals surface area contributed by atoms with E-state index in [1.807, 2.05) is 63.2 Å². The predicted octanol–water partition coefficient (Wildman–Crippen LogP) is 3.37. The lowest BCUT2D eigenvalue weighted by molar-refractivity contribution is -0.121. The molecule has 31 heavy (non-hydrogen) atoms. The van der Waals surface area contributed by atoms with Gasteiger partial charge in [0.1, 0.15) is 6.54 Å². The Kier molecular flexibility index (Phi) is 5.46. The molecule has 0 spiro atoms. The Morgan fingerprint density at radius 1 is 1.13 bits per heavy atom. The molecule has 0 aliphatic carbocycles. The molecule has 0 radical (unpaired) electrons. The Morgan fingerprint density at radius 3 is 2.61 bits per heavy atom. The first-order valence-electron chi connectivity index (χ1n) is 10.2.